The monoisotopic (exact) mass is 399 g/mol. The molecule has 0 spiro atoms. The molecule has 1 N–H and O–H groups in total. The van der Waals surface area contributed by atoms with Crippen LogP contribution in [0, 0.1) is 11.6 Å². The third kappa shape index (κ3) is 4.79. The molecule has 1 atom stereocenters. The van der Waals surface area contributed by atoms with Crippen LogP contribution in [0.3, 0.4) is 0 Å². The van der Waals surface area contributed by atoms with Gasteiger partial charge in [-0.1, -0.05) is 12.1 Å². The first kappa shape index (κ1) is 20.3. The number of para-hydroxylation sites is 1. The van der Waals surface area contributed by atoms with Gasteiger partial charge in [-0.2, -0.15) is 0 Å². The Balaban J connectivity index is 2.34. The predicted molar refractivity (Wildman–Crippen MR) is 90.5 cm³/mol. The zero-order valence-electron chi connectivity index (χ0n) is 14.2. The van der Waals surface area contributed by atoms with Crippen LogP contribution in [0.4, 0.5) is 14.5 Å². The number of sulfonamides is 1. The number of esters is 2. The summed E-state index contributed by atoms with van der Waals surface area (Å²) in [4.78, 5) is 22.7. The summed E-state index contributed by atoms with van der Waals surface area (Å²) in [5.74, 6) is -3.92. The maximum absolute atomic E-state index is 13.8. The Hall–Kier alpha value is -3.01. The van der Waals surface area contributed by atoms with Gasteiger partial charge in [-0.15, -0.1) is 0 Å². The van der Waals surface area contributed by atoms with Gasteiger partial charge in [-0.3, -0.25) is 4.72 Å². The standard InChI is InChI=1S/C17H15F2NO6S/c1-10(16(21)25-2)26-17(22)12-5-3-4-6-14(12)20-27(23,24)15-9-11(18)7-8-13(15)19/h3-10,20H,1-2H3/t10-/m1/s1. The van der Waals surface area contributed by atoms with E-state index in [4.69, 9.17) is 4.74 Å². The van der Waals surface area contributed by atoms with E-state index in [1.54, 1.807) is 0 Å². The number of methoxy groups -OCH3 is 1. The van der Waals surface area contributed by atoms with E-state index in [2.05, 4.69) is 4.74 Å². The van der Waals surface area contributed by atoms with Crippen molar-refractivity contribution in [2.45, 2.75) is 17.9 Å². The third-order valence-corrected chi connectivity index (χ3v) is 4.77. The Morgan fingerprint density at radius 1 is 1.11 bits per heavy atom. The maximum atomic E-state index is 13.8. The molecule has 0 unspecified atom stereocenters. The molecule has 0 aliphatic heterocycles. The Morgan fingerprint density at radius 3 is 2.44 bits per heavy atom. The van der Waals surface area contributed by atoms with Gasteiger partial charge >= 0.3 is 11.9 Å². The molecule has 0 bridgehead atoms. The lowest BCUT2D eigenvalue weighted by Gasteiger charge is -2.15. The number of halogens is 2. The van der Waals surface area contributed by atoms with Crippen molar-refractivity contribution in [3.63, 3.8) is 0 Å². The van der Waals surface area contributed by atoms with Gasteiger partial charge in [-0.05, 0) is 37.3 Å². The molecule has 10 heteroatoms. The van der Waals surface area contributed by atoms with Gasteiger partial charge in [0.2, 0.25) is 0 Å². The molecular formula is C17H15F2NO6S. The average Bonchev–Trinajstić information content (AvgIpc) is 2.62. The topological polar surface area (TPSA) is 98.8 Å². The molecule has 0 fully saturated rings. The first-order valence-electron chi connectivity index (χ1n) is 7.51. The van der Waals surface area contributed by atoms with Crippen LogP contribution >= 0.6 is 0 Å². The van der Waals surface area contributed by atoms with Crippen molar-refractivity contribution in [3.8, 4) is 0 Å². The number of carbonyl (C=O) groups excluding carboxylic acids is 2. The molecule has 0 aromatic heterocycles. The summed E-state index contributed by atoms with van der Waals surface area (Å²) in [5.41, 5.74) is -0.461. The first-order valence-corrected chi connectivity index (χ1v) is 8.99. The molecule has 2 aromatic rings. The van der Waals surface area contributed by atoms with Crippen LogP contribution in [0.1, 0.15) is 17.3 Å². The fourth-order valence-corrected chi connectivity index (χ4v) is 3.24. The summed E-state index contributed by atoms with van der Waals surface area (Å²) in [6.45, 7) is 1.28. The van der Waals surface area contributed by atoms with Crippen LogP contribution in [0.15, 0.2) is 47.4 Å². The average molecular weight is 399 g/mol. The Kier molecular flexibility index (Phi) is 6.11. The Bertz CT molecular complexity index is 977. The highest BCUT2D eigenvalue weighted by molar-refractivity contribution is 7.92. The normalized spacial score (nSPS) is 12.1. The van der Waals surface area contributed by atoms with Crippen LogP contribution in [0.5, 0.6) is 0 Å². The molecule has 0 saturated heterocycles. The molecule has 0 heterocycles. The number of anilines is 1. The summed E-state index contributed by atoms with van der Waals surface area (Å²) in [5, 5.41) is 0. The van der Waals surface area contributed by atoms with Crippen LogP contribution in [0.2, 0.25) is 0 Å². The molecule has 27 heavy (non-hydrogen) atoms. The molecule has 0 radical (unpaired) electrons. The Morgan fingerprint density at radius 2 is 1.78 bits per heavy atom. The van der Waals surface area contributed by atoms with Crippen LogP contribution in [-0.4, -0.2) is 33.6 Å². The lowest BCUT2D eigenvalue weighted by molar-refractivity contribution is -0.149. The second-order valence-electron chi connectivity index (χ2n) is 5.30. The van der Waals surface area contributed by atoms with Gasteiger partial charge in [0.25, 0.3) is 10.0 Å². The zero-order chi connectivity index (χ0) is 20.2. The summed E-state index contributed by atoms with van der Waals surface area (Å²) >= 11 is 0. The van der Waals surface area contributed by atoms with E-state index in [0.717, 1.165) is 13.2 Å². The maximum Gasteiger partial charge on any atom is 0.346 e. The molecule has 144 valence electrons. The highest BCUT2D eigenvalue weighted by Crippen LogP contribution is 2.23. The second kappa shape index (κ2) is 8.12. The van der Waals surface area contributed by atoms with Crippen molar-refractivity contribution in [2.24, 2.45) is 0 Å². The molecule has 0 amide bonds. The minimum atomic E-state index is -4.54. The second-order valence-corrected chi connectivity index (χ2v) is 6.95. The highest BCUT2D eigenvalue weighted by atomic mass is 32.2. The van der Waals surface area contributed by atoms with E-state index in [1.807, 2.05) is 4.72 Å². The van der Waals surface area contributed by atoms with E-state index in [1.165, 1.54) is 31.2 Å². The molecule has 2 rings (SSSR count). The lowest BCUT2D eigenvalue weighted by atomic mass is 10.2. The number of benzene rings is 2. The smallest absolute Gasteiger partial charge is 0.346 e. The quantitative estimate of drug-likeness (QED) is 0.750. The third-order valence-electron chi connectivity index (χ3n) is 3.39. The van der Waals surface area contributed by atoms with Gasteiger partial charge in [-0.25, -0.2) is 26.8 Å². The van der Waals surface area contributed by atoms with E-state index >= 15 is 0 Å². The van der Waals surface area contributed by atoms with E-state index < -0.39 is 44.6 Å². The van der Waals surface area contributed by atoms with Crippen LogP contribution in [-0.2, 0) is 24.3 Å². The number of hydrogen-bond donors (Lipinski definition) is 1. The summed E-state index contributed by atoms with van der Waals surface area (Å²) < 4.78 is 63.2. The van der Waals surface area contributed by atoms with Gasteiger partial charge in [0.05, 0.1) is 18.4 Å². The zero-order valence-corrected chi connectivity index (χ0v) is 15.0. The summed E-state index contributed by atoms with van der Waals surface area (Å²) in [6.07, 6.45) is -1.23. The molecule has 7 nitrogen and oxygen atoms in total. The first-order chi connectivity index (χ1) is 12.7. The SMILES string of the molecule is COC(=O)[C@@H](C)OC(=O)c1ccccc1NS(=O)(=O)c1cc(F)ccc1F. The van der Waals surface area contributed by atoms with Crippen molar-refractivity contribution in [2.75, 3.05) is 11.8 Å². The van der Waals surface area contributed by atoms with E-state index in [0.29, 0.717) is 12.1 Å². The van der Waals surface area contributed by atoms with Gasteiger partial charge < -0.3 is 9.47 Å². The lowest BCUT2D eigenvalue weighted by Crippen LogP contribution is -2.26. The fraction of sp³-hybridized carbons (Fsp3) is 0.176. The number of nitrogens with one attached hydrogen (secondary N) is 1. The van der Waals surface area contributed by atoms with Crippen LogP contribution in [0.25, 0.3) is 0 Å². The predicted octanol–water partition coefficient (Wildman–Crippen LogP) is 2.48. The molecule has 2 aromatic carbocycles. The number of hydrogen-bond acceptors (Lipinski definition) is 6. The van der Waals surface area contributed by atoms with Crippen molar-refractivity contribution < 1.29 is 36.3 Å². The highest BCUT2D eigenvalue weighted by Gasteiger charge is 2.25. The van der Waals surface area contributed by atoms with Gasteiger partial charge in [0, 0.05) is 0 Å². The summed E-state index contributed by atoms with van der Waals surface area (Å²) in [7, 11) is -3.42. The van der Waals surface area contributed by atoms with E-state index in [9.17, 15) is 26.8 Å². The minimum Gasteiger partial charge on any atom is -0.466 e. The van der Waals surface area contributed by atoms with Crippen LogP contribution < -0.4 is 4.72 Å². The van der Waals surface area contributed by atoms with Gasteiger partial charge in [0.1, 0.15) is 16.5 Å². The number of rotatable bonds is 6. The van der Waals surface area contributed by atoms with Crippen molar-refractivity contribution in [1.29, 1.82) is 0 Å². The van der Waals surface area contributed by atoms with E-state index in [-0.39, 0.29) is 11.3 Å². The Labute approximate surface area is 154 Å². The molecule has 0 aliphatic rings. The minimum absolute atomic E-state index is 0.228. The molecule has 0 aliphatic carbocycles. The summed E-state index contributed by atoms with van der Waals surface area (Å²) in [6, 6.07) is 7.27. The molecule has 0 saturated carbocycles. The largest absolute Gasteiger partial charge is 0.466 e. The number of ether oxygens (including phenoxy) is 2. The van der Waals surface area contributed by atoms with Gasteiger partial charge in [0.15, 0.2) is 6.10 Å². The van der Waals surface area contributed by atoms with Crippen molar-refractivity contribution in [1.82, 2.24) is 0 Å². The van der Waals surface area contributed by atoms with Crippen molar-refractivity contribution in [3.05, 3.63) is 59.7 Å². The fourth-order valence-electron chi connectivity index (χ4n) is 2.07. The molecular weight excluding hydrogens is 384 g/mol. The van der Waals surface area contributed by atoms with Crippen molar-refractivity contribution >= 4 is 27.6 Å². The number of carbonyl (C=O) groups is 2.